The minimum absolute atomic E-state index is 0.0283. The molecule has 0 radical (unpaired) electrons. The van der Waals surface area contributed by atoms with Crippen LogP contribution < -0.4 is 5.73 Å². The molecule has 6 nitrogen and oxygen atoms in total. The summed E-state index contributed by atoms with van der Waals surface area (Å²) in [6.45, 7) is 4.82. The van der Waals surface area contributed by atoms with E-state index in [0.29, 0.717) is 24.8 Å². The van der Waals surface area contributed by atoms with Crippen LogP contribution >= 0.6 is 0 Å². The fourth-order valence-electron chi connectivity index (χ4n) is 3.70. The van der Waals surface area contributed by atoms with Gasteiger partial charge >= 0.3 is 0 Å². The number of amides is 2. The Balaban J connectivity index is 1.71. The number of hydrogen-bond acceptors (Lipinski definition) is 4. The first-order valence-electron chi connectivity index (χ1n) is 8.41. The van der Waals surface area contributed by atoms with Gasteiger partial charge in [-0.3, -0.25) is 9.59 Å². The SMILES string of the molecule is Cc1noc(C)c1CC(=O)N1CCCC(CC2CC2)(C(N)=O)C1. The third-order valence-corrected chi connectivity index (χ3v) is 5.34. The molecule has 1 aromatic heterocycles. The Hall–Kier alpha value is -1.85. The number of likely N-dealkylation sites (tertiary alicyclic amines) is 1. The van der Waals surface area contributed by atoms with Gasteiger partial charge in [-0.15, -0.1) is 0 Å². The van der Waals surface area contributed by atoms with Gasteiger partial charge in [-0.05, 0) is 39.0 Å². The van der Waals surface area contributed by atoms with E-state index in [-0.39, 0.29) is 18.2 Å². The van der Waals surface area contributed by atoms with Crippen LogP contribution in [-0.4, -0.2) is 35.0 Å². The summed E-state index contributed by atoms with van der Waals surface area (Å²) >= 11 is 0. The van der Waals surface area contributed by atoms with Crippen LogP contribution in [0.5, 0.6) is 0 Å². The number of piperidine rings is 1. The second-order valence-electron chi connectivity index (χ2n) is 7.19. The summed E-state index contributed by atoms with van der Waals surface area (Å²) < 4.78 is 5.13. The maximum atomic E-state index is 12.7. The second kappa shape index (κ2) is 5.98. The summed E-state index contributed by atoms with van der Waals surface area (Å²) in [5.74, 6) is 1.08. The van der Waals surface area contributed by atoms with Crippen LogP contribution in [0.4, 0.5) is 0 Å². The Kier molecular flexibility index (Phi) is 4.17. The molecule has 126 valence electrons. The molecule has 0 spiro atoms. The van der Waals surface area contributed by atoms with Crippen molar-refractivity contribution >= 4 is 11.8 Å². The van der Waals surface area contributed by atoms with Gasteiger partial charge in [0.2, 0.25) is 11.8 Å². The molecule has 6 heteroatoms. The van der Waals surface area contributed by atoms with Crippen LogP contribution in [0.1, 0.15) is 49.1 Å². The number of nitrogens with two attached hydrogens (primary N) is 1. The molecule has 1 saturated carbocycles. The first kappa shape index (κ1) is 16.0. The van der Waals surface area contributed by atoms with E-state index >= 15 is 0 Å². The molecule has 1 aromatic rings. The topological polar surface area (TPSA) is 89.4 Å². The Labute approximate surface area is 136 Å². The number of aromatic nitrogens is 1. The molecule has 3 rings (SSSR count). The minimum Gasteiger partial charge on any atom is -0.369 e. The maximum Gasteiger partial charge on any atom is 0.227 e. The maximum absolute atomic E-state index is 12.7. The molecule has 2 fully saturated rings. The molecular formula is C17H25N3O3. The van der Waals surface area contributed by atoms with Gasteiger partial charge in [0.05, 0.1) is 17.5 Å². The van der Waals surface area contributed by atoms with Gasteiger partial charge in [-0.1, -0.05) is 18.0 Å². The van der Waals surface area contributed by atoms with Crippen molar-refractivity contribution in [2.45, 2.75) is 52.4 Å². The predicted octanol–water partition coefficient (Wildman–Crippen LogP) is 1.73. The summed E-state index contributed by atoms with van der Waals surface area (Å²) in [5, 5.41) is 3.90. The molecule has 2 N–H and O–H groups in total. The molecule has 2 aliphatic rings. The highest BCUT2D eigenvalue weighted by molar-refractivity contribution is 5.84. The second-order valence-corrected chi connectivity index (χ2v) is 7.19. The third kappa shape index (κ3) is 3.26. The van der Waals surface area contributed by atoms with Gasteiger partial charge in [0.15, 0.2) is 0 Å². The van der Waals surface area contributed by atoms with Gasteiger partial charge in [0.1, 0.15) is 5.76 Å². The van der Waals surface area contributed by atoms with Crippen molar-refractivity contribution in [3.8, 4) is 0 Å². The fourth-order valence-corrected chi connectivity index (χ4v) is 3.70. The van der Waals surface area contributed by atoms with Crippen molar-refractivity contribution in [2.24, 2.45) is 17.1 Å². The Bertz CT molecular complexity index is 601. The highest BCUT2D eigenvalue weighted by Crippen LogP contribution is 2.44. The largest absolute Gasteiger partial charge is 0.369 e. The van der Waals surface area contributed by atoms with Crippen molar-refractivity contribution < 1.29 is 14.1 Å². The zero-order chi connectivity index (χ0) is 16.6. The average molecular weight is 319 g/mol. The van der Waals surface area contributed by atoms with Crippen molar-refractivity contribution in [3.05, 3.63) is 17.0 Å². The van der Waals surface area contributed by atoms with E-state index in [1.165, 1.54) is 12.8 Å². The quantitative estimate of drug-likeness (QED) is 0.895. The average Bonchev–Trinajstić information content (AvgIpc) is 3.27. The molecule has 2 heterocycles. The van der Waals surface area contributed by atoms with Gasteiger partial charge in [0.25, 0.3) is 0 Å². The lowest BCUT2D eigenvalue weighted by atomic mass is 9.75. The van der Waals surface area contributed by atoms with E-state index in [1.807, 2.05) is 18.7 Å². The van der Waals surface area contributed by atoms with Crippen molar-refractivity contribution in [3.63, 3.8) is 0 Å². The molecule has 2 amide bonds. The molecule has 1 saturated heterocycles. The molecule has 23 heavy (non-hydrogen) atoms. The molecule has 1 unspecified atom stereocenters. The molecule has 1 aliphatic carbocycles. The number of carbonyl (C=O) groups excluding carboxylic acids is 2. The van der Waals surface area contributed by atoms with Crippen LogP contribution in [0.3, 0.4) is 0 Å². The summed E-state index contributed by atoms with van der Waals surface area (Å²) in [5.41, 5.74) is 6.80. The van der Waals surface area contributed by atoms with E-state index in [4.69, 9.17) is 10.3 Å². The highest BCUT2D eigenvalue weighted by Gasteiger charge is 2.45. The smallest absolute Gasteiger partial charge is 0.227 e. The molecule has 0 aromatic carbocycles. The summed E-state index contributed by atoms with van der Waals surface area (Å²) in [4.78, 5) is 26.6. The fraction of sp³-hybridized carbons (Fsp3) is 0.706. The predicted molar refractivity (Wildman–Crippen MR) is 84.5 cm³/mol. The van der Waals surface area contributed by atoms with E-state index in [0.717, 1.165) is 30.5 Å². The van der Waals surface area contributed by atoms with E-state index in [2.05, 4.69) is 5.16 Å². The number of carbonyl (C=O) groups is 2. The first-order chi connectivity index (χ1) is 10.9. The lowest BCUT2D eigenvalue weighted by Gasteiger charge is -2.41. The lowest BCUT2D eigenvalue weighted by Crippen LogP contribution is -2.52. The Morgan fingerprint density at radius 2 is 2.13 bits per heavy atom. The summed E-state index contributed by atoms with van der Waals surface area (Å²) in [6, 6.07) is 0. The van der Waals surface area contributed by atoms with Crippen molar-refractivity contribution in [1.29, 1.82) is 0 Å². The number of hydrogen-bond donors (Lipinski definition) is 1. The van der Waals surface area contributed by atoms with E-state index in [1.54, 1.807) is 0 Å². The van der Waals surface area contributed by atoms with Gasteiger partial charge in [-0.2, -0.15) is 0 Å². The molecular weight excluding hydrogens is 294 g/mol. The molecule has 1 atom stereocenters. The number of aryl methyl sites for hydroxylation is 2. The van der Waals surface area contributed by atoms with E-state index < -0.39 is 5.41 Å². The summed E-state index contributed by atoms with van der Waals surface area (Å²) in [6.07, 6.45) is 5.11. The minimum atomic E-state index is -0.534. The van der Waals surface area contributed by atoms with Gasteiger partial charge in [-0.25, -0.2) is 0 Å². The molecule has 0 bridgehead atoms. The molecule has 1 aliphatic heterocycles. The van der Waals surface area contributed by atoms with Gasteiger partial charge < -0.3 is 15.2 Å². The normalized spacial score (nSPS) is 24.7. The first-order valence-corrected chi connectivity index (χ1v) is 8.41. The standard InChI is InChI=1S/C17H25N3O3/c1-11-14(12(2)23-19-11)8-15(21)20-7-3-6-17(10-20,16(18)22)9-13-4-5-13/h13H,3-10H2,1-2H3,(H2,18,22). The van der Waals surface area contributed by atoms with Gasteiger partial charge in [0, 0.05) is 18.7 Å². The Morgan fingerprint density at radius 1 is 1.39 bits per heavy atom. The zero-order valence-electron chi connectivity index (χ0n) is 13.9. The van der Waals surface area contributed by atoms with Crippen LogP contribution in [0.15, 0.2) is 4.52 Å². The highest BCUT2D eigenvalue weighted by atomic mass is 16.5. The van der Waals surface area contributed by atoms with Crippen LogP contribution in [0, 0.1) is 25.2 Å². The van der Waals surface area contributed by atoms with Crippen molar-refractivity contribution in [2.75, 3.05) is 13.1 Å². The summed E-state index contributed by atoms with van der Waals surface area (Å²) in [7, 11) is 0. The number of nitrogens with zero attached hydrogens (tertiary/aromatic N) is 2. The van der Waals surface area contributed by atoms with Crippen LogP contribution in [0.25, 0.3) is 0 Å². The third-order valence-electron chi connectivity index (χ3n) is 5.34. The van der Waals surface area contributed by atoms with E-state index in [9.17, 15) is 9.59 Å². The van der Waals surface area contributed by atoms with Crippen LogP contribution in [-0.2, 0) is 16.0 Å². The lowest BCUT2D eigenvalue weighted by molar-refractivity contribution is -0.140. The number of rotatable bonds is 5. The van der Waals surface area contributed by atoms with Crippen molar-refractivity contribution in [1.82, 2.24) is 10.1 Å². The van der Waals surface area contributed by atoms with Crippen LogP contribution in [0.2, 0.25) is 0 Å². The zero-order valence-corrected chi connectivity index (χ0v) is 13.9. The number of primary amides is 1. The Morgan fingerprint density at radius 3 is 2.70 bits per heavy atom. The monoisotopic (exact) mass is 319 g/mol.